The molecule has 3 aromatic carbocycles. The lowest BCUT2D eigenvalue weighted by atomic mass is 10.1. The summed E-state index contributed by atoms with van der Waals surface area (Å²) in [5, 5.41) is 3.61. The van der Waals surface area contributed by atoms with Crippen LogP contribution in [-0.4, -0.2) is 31.3 Å². The van der Waals surface area contributed by atoms with Crippen molar-refractivity contribution in [3.8, 4) is 11.5 Å². The molecule has 0 bridgehead atoms. The topological polar surface area (TPSA) is 60.6 Å². The Morgan fingerprint density at radius 3 is 2.72 bits per heavy atom. The summed E-state index contributed by atoms with van der Waals surface area (Å²) < 4.78 is 17.5. The van der Waals surface area contributed by atoms with Crippen LogP contribution in [0.2, 0.25) is 5.02 Å². The number of aryl methyl sites for hydroxylation is 1. The lowest BCUT2D eigenvalue weighted by Crippen LogP contribution is -2.09. The van der Waals surface area contributed by atoms with E-state index in [2.05, 4.69) is 20.9 Å². The zero-order valence-electron chi connectivity index (χ0n) is 17.8. The summed E-state index contributed by atoms with van der Waals surface area (Å²) in [6, 6.07) is 15.7. The Hall–Kier alpha value is -2.70. The Kier molecular flexibility index (Phi) is 6.92. The highest BCUT2D eigenvalue weighted by Gasteiger charge is 2.20. The van der Waals surface area contributed by atoms with Crippen molar-refractivity contribution in [2.75, 3.05) is 20.3 Å². The van der Waals surface area contributed by atoms with Gasteiger partial charge in [-0.1, -0.05) is 41.9 Å². The number of benzene rings is 3. The highest BCUT2D eigenvalue weighted by atomic mass is 79.9. The highest BCUT2D eigenvalue weighted by molar-refractivity contribution is 9.10. The summed E-state index contributed by atoms with van der Waals surface area (Å²) in [4.78, 5) is 15.7. The van der Waals surface area contributed by atoms with Crippen molar-refractivity contribution in [1.29, 1.82) is 0 Å². The molecule has 32 heavy (non-hydrogen) atoms. The van der Waals surface area contributed by atoms with Crippen LogP contribution < -0.4 is 9.47 Å². The van der Waals surface area contributed by atoms with Gasteiger partial charge in [-0.15, -0.1) is 0 Å². The minimum atomic E-state index is -0.374. The SMILES string of the molecule is CCOC(=O)c1[nH]c2c(Br)c(Cl)ccc2c1CCCOc1cc(OC)cc2ccccc12. The molecule has 0 aliphatic carbocycles. The predicted molar refractivity (Wildman–Crippen MR) is 131 cm³/mol. The third kappa shape index (κ3) is 4.43. The van der Waals surface area contributed by atoms with Crippen LogP contribution in [0.4, 0.5) is 0 Å². The number of nitrogens with one attached hydrogen (secondary N) is 1. The number of halogens is 2. The van der Waals surface area contributed by atoms with E-state index in [9.17, 15) is 4.79 Å². The van der Waals surface area contributed by atoms with Crippen molar-refractivity contribution in [3.63, 3.8) is 0 Å². The third-order valence-corrected chi connectivity index (χ3v) is 6.68. The first-order valence-corrected chi connectivity index (χ1v) is 11.6. The van der Waals surface area contributed by atoms with Gasteiger partial charge in [0.05, 0.1) is 35.3 Å². The van der Waals surface area contributed by atoms with E-state index >= 15 is 0 Å². The van der Waals surface area contributed by atoms with Crippen molar-refractivity contribution < 1.29 is 19.0 Å². The van der Waals surface area contributed by atoms with Gasteiger partial charge in [-0.05, 0) is 58.8 Å². The van der Waals surface area contributed by atoms with Crippen LogP contribution >= 0.6 is 27.5 Å². The fourth-order valence-electron chi connectivity index (χ4n) is 3.81. The van der Waals surface area contributed by atoms with Crippen molar-refractivity contribution in [2.24, 2.45) is 0 Å². The van der Waals surface area contributed by atoms with Crippen LogP contribution in [0.15, 0.2) is 53.0 Å². The quantitative estimate of drug-likeness (QED) is 0.204. The normalized spacial score (nSPS) is 11.1. The van der Waals surface area contributed by atoms with Crippen LogP contribution in [0.25, 0.3) is 21.7 Å². The number of H-pyrrole nitrogens is 1. The number of esters is 1. The van der Waals surface area contributed by atoms with Crippen molar-refractivity contribution in [2.45, 2.75) is 19.8 Å². The second-order valence-corrected chi connectivity index (χ2v) is 8.48. The second kappa shape index (κ2) is 9.84. The van der Waals surface area contributed by atoms with Gasteiger partial charge in [0.15, 0.2) is 0 Å². The fraction of sp³-hybridized carbons (Fsp3) is 0.240. The molecular formula is C25H23BrClNO4. The molecule has 0 atom stereocenters. The van der Waals surface area contributed by atoms with Crippen LogP contribution in [0.3, 0.4) is 0 Å². The average molecular weight is 517 g/mol. The maximum absolute atomic E-state index is 12.6. The fourth-order valence-corrected chi connectivity index (χ4v) is 4.42. The van der Waals surface area contributed by atoms with Crippen LogP contribution in [0.5, 0.6) is 11.5 Å². The maximum Gasteiger partial charge on any atom is 0.355 e. The number of rotatable bonds is 8. The Bertz CT molecular complexity index is 1280. The van der Waals surface area contributed by atoms with E-state index < -0.39 is 0 Å². The molecule has 0 aliphatic heterocycles. The maximum atomic E-state index is 12.6. The summed E-state index contributed by atoms with van der Waals surface area (Å²) in [7, 11) is 1.65. The van der Waals surface area contributed by atoms with Crippen LogP contribution in [0.1, 0.15) is 29.4 Å². The van der Waals surface area contributed by atoms with Gasteiger partial charge in [0, 0.05) is 16.8 Å². The summed E-state index contributed by atoms with van der Waals surface area (Å²) >= 11 is 9.76. The van der Waals surface area contributed by atoms with Crippen molar-refractivity contribution >= 4 is 55.2 Å². The molecule has 0 saturated heterocycles. The number of ether oxygens (including phenoxy) is 3. The largest absolute Gasteiger partial charge is 0.497 e. The molecule has 166 valence electrons. The van der Waals surface area contributed by atoms with Gasteiger partial charge < -0.3 is 19.2 Å². The van der Waals surface area contributed by atoms with E-state index in [1.54, 1.807) is 14.0 Å². The molecule has 7 heteroatoms. The van der Waals surface area contributed by atoms with Gasteiger partial charge >= 0.3 is 5.97 Å². The molecule has 0 saturated carbocycles. The van der Waals surface area contributed by atoms with E-state index in [1.165, 1.54) is 0 Å². The molecule has 1 N–H and O–H groups in total. The molecule has 4 rings (SSSR count). The molecule has 0 amide bonds. The number of hydrogen-bond donors (Lipinski definition) is 1. The first-order valence-electron chi connectivity index (χ1n) is 10.4. The molecular weight excluding hydrogens is 494 g/mol. The summed E-state index contributed by atoms with van der Waals surface area (Å²) in [6.45, 7) is 2.59. The van der Waals surface area contributed by atoms with Gasteiger partial charge in [0.1, 0.15) is 17.2 Å². The second-order valence-electron chi connectivity index (χ2n) is 7.28. The first kappa shape index (κ1) is 22.5. The van der Waals surface area contributed by atoms with E-state index in [-0.39, 0.29) is 5.97 Å². The number of carbonyl (C=O) groups is 1. The minimum Gasteiger partial charge on any atom is -0.497 e. The van der Waals surface area contributed by atoms with Gasteiger partial charge in [-0.3, -0.25) is 0 Å². The van der Waals surface area contributed by atoms with Crippen molar-refractivity contribution in [3.05, 3.63) is 69.3 Å². The lowest BCUT2D eigenvalue weighted by molar-refractivity contribution is 0.0519. The number of carbonyl (C=O) groups excluding carboxylic acids is 1. The number of aromatic nitrogens is 1. The smallest absolute Gasteiger partial charge is 0.355 e. The van der Waals surface area contributed by atoms with E-state index in [4.69, 9.17) is 25.8 Å². The molecule has 1 heterocycles. The number of hydrogen-bond acceptors (Lipinski definition) is 4. The Morgan fingerprint density at radius 2 is 1.94 bits per heavy atom. The molecule has 0 unspecified atom stereocenters. The summed E-state index contributed by atoms with van der Waals surface area (Å²) in [6.07, 6.45) is 1.36. The predicted octanol–water partition coefficient (Wildman–Crippen LogP) is 6.93. The molecule has 5 nitrogen and oxygen atoms in total. The summed E-state index contributed by atoms with van der Waals surface area (Å²) in [5.74, 6) is 1.15. The molecule has 0 radical (unpaired) electrons. The first-order chi connectivity index (χ1) is 15.5. The Balaban J connectivity index is 1.56. The zero-order chi connectivity index (χ0) is 22.7. The highest BCUT2D eigenvalue weighted by Crippen LogP contribution is 2.35. The van der Waals surface area contributed by atoms with Gasteiger partial charge in [-0.2, -0.15) is 0 Å². The molecule has 4 aromatic rings. The molecule has 0 fully saturated rings. The number of aromatic amines is 1. The lowest BCUT2D eigenvalue weighted by Gasteiger charge is -2.12. The van der Waals surface area contributed by atoms with Crippen molar-refractivity contribution in [1.82, 2.24) is 4.98 Å². The third-order valence-electron chi connectivity index (χ3n) is 5.31. The van der Waals surface area contributed by atoms with Crippen LogP contribution in [0, 0.1) is 0 Å². The Morgan fingerprint density at radius 1 is 1.12 bits per heavy atom. The van der Waals surface area contributed by atoms with Gasteiger partial charge in [-0.25, -0.2) is 4.79 Å². The Labute approximate surface area is 199 Å². The molecule has 0 aliphatic rings. The number of methoxy groups -OCH3 is 1. The summed E-state index contributed by atoms with van der Waals surface area (Å²) in [5.41, 5.74) is 2.14. The van der Waals surface area contributed by atoms with Crippen LogP contribution in [-0.2, 0) is 11.2 Å². The zero-order valence-corrected chi connectivity index (χ0v) is 20.2. The van der Waals surface area contributed by atoms with Gasteiger partial charge in [0.2, 0.25) is 0 Å². The number of fused-ring (bicyclic) bond motifs is 2. The van der Waals surface area contributed by atoms with E-state index in [0.717, 1.165) is 43.2 Å². The minimum absolute atomic E-state index is 0.307. The van der Waals surface area contributed by atoms with E-state index in [1.807, 2.05) is 48.5 Å². The molecule has 1 aromatic heterocycles. The standard InChI is InChI=1S/C25H23BrClNO4/c1-3-31-25(29)24-18(19-10-11-20(27)22(26)23(19)28-24)9-6-12-32-21-14-16(30-2)13-15-7-4-5-8-17(15)21/h4-5,7-8,10-11,13-14,28H,3,6,9,12H2,1-2H3. The monoisotopic (exact) mass is 515 g/mol. The molecule has 0 spiro atoms. The van der Waals surface area contributed by atoms with Gasteiger partial charge in [0.25, 0.3) is 0 Å². The average Bonchev–Trinajstić information content (AvgIpc) is 3.18. The van der Waals surface area contributed by atoms with E-state index in [0.29, 0.717) is 36.8 Å².